The minimum Gasteiger partial charge on any atom is -0.444 e. The highest BCUT2D eigenvalue weighted by Gasteiger charge is 2.32. The summed E-state index contributed by atoms with van der Waals surface area (Å²) in [6, 6.07) is 9.88. The lowest BCUT2D eigenvalue weighted by Gasteiger charge is -2.09. The Morgan fingerprint density at radius 3 is 3.06 bits per heavy atom. The maximum atomic E-state index is 11.8. The highest BCUT2D eigenvalue weighted by Crippen LogP contribution is 2.25. The SMILES string of the molecule is NCCC1CN(c2cc3ccccc3[nH]2)C(=O)O1. The molecule has 2 heterocycles. The number of fused-ring (bicyclic) bond motifs is 1. The molecular weight excluding hydrogens is 230 g/mol. The number of ether oxygens (including phenoxy) is 1. The second kappa shape index (κ2) is 4.34. The molecule has 1 amide bonds. The maximum Gasteiger partial charge on any atom is 0.415 e. The van der Waals surface area contributed by atoms with Gasteiger partial charge in [-0.3, -0.25) is 4.90 Å². The molecule has 1 aromatic heterocycles. The number of nitrogens with two attached hydrogens (primary N) is 1. The number of carbonyl (C=O) groups is 1. The van der Waals surface area contributed by atoms with Gasteiger partial charge in [0.2, 0.25) is 0 Å². The zero-order valence-electron chi connectivity index (χ0n) is 9.93. The van der Waals surface area contributed by atoms with Crippen molar-refractivity contribution in [1.29, 1.82) is 0 Å². The Bertz CT molecular complexity index is 545. The third-order valence-electron chi connectivity index (χ3n) is 3.17. The Labute approximate surface area is 105 Å². The van der Waals surface area contributed by atoms with Crippen LogP contribution in [0.25, 0.3) is 10.9 Å². The zero-order chi connectivity index (χ0) is 12.5. The predicted molar refractivity (Wildman–Crippen MR) is 69.6 cm³/mol. The van der Waals surface area contributed by atoms with E-state index in [4.69, 9.17) is 10.5 Å². The summed E-state index contributed by atoms with van der Waals surface area (Å²) in [5.74, 6) is 0.778. The summed E-state index contributed by atoms with van der Waals surface area (Å²) in [5.41, 5.74) is 6.50. The number of para-hydroxylation sites is 1. The molecule has 1 saturated heterocycles. The third-order valence-corrected chi connectivity index (χ3v) is 3.17. The number of hydrogen-bond acceptors (Lipinski definition) is 3. The molecule has 0 spiro atoms. The molecule has 3 rings (SSSR count). The molecule has 5 heteroatoms. The summed E-state index contributed by atoms with van der Waals surface area (Å²) in [6.45, 7) is 1.08. The molecular formula is C13H15N3O2. The smallest absolute Gasteiger partial charge is 0.415 e. The second-order valence-electron chi connectivity index (χ2n) is 4.44. The van der Waals surface area contributed by atoms with Crippen LogP contribution in [0.2, 0.25) is 0 Å². The van der Waals surface area contributed by atoms with E-state index in [-0.39, 0.29) is 12.2 Å². The topological polar surface area (TPSA) is 71.3 Å². The predicted octanol–water partition coefficient (Wildman–Crippen LogP) is 1.84. The molecule has 0 radical (unpaired) electrons. The van der Waals surface area contributed by atoms with E-state index in [1.165, 1.54) is 0 Å². The van der Waals surface area contributed by atoms with Gasteiger partial charge in [0.25, 0.3) is 0 Å². The van der Waals surface area contributed by atoms with E-state index in [1.807, 2.05) is 30.3 Å². The fourth-order valence-corrected chi connectivity index (χ4v) is 2.26. The summed E-state index contributed by atoms with van der Waals surface area (Å²) in [6.07, 6.45) is 0.288. The normalized spacial score (nSPS) is 19.5. The van der Waals surface area contributed by atoms with Crippen LogP contribution in [0.4, 0.5) is 10.6 Å². The van der Waals surface area contributed by atoms with Gasteiger partial charge in [-0.2, -0.15) is 0 Å². The quantitative estimate of drug-likeness (QED) is 0.866. The Hall–Kier alpha value is -2.01. The Kier molecular flexibility index (Phi) is 2.68. The number of nitrogens with zero attached hydrogens (tertiary/aromatic N) is 1. The van der Waals surface area contributed by atoms with E-state index in [9.17, 15) is 4.79 Å². The van der Waals surface area contributed by atoms with Crippen LogP contribution in [-0.2, 0) is 4.74 Å². The van der Waals surface area contributed by atoms with Crippen LogP contribution >= 0.6 is 0 Å². The van der Waals surface area contributed by atoms with Crippen LogP contribution in [0.5, 0.6) is 0 Å². The molecule has 0 saturated carbocycles. The average Bonchev–Trinajstić information content (AvgIpc) is 2.92. The van der Waals surface area contributed by atoms with E-state index in [0.29, 0.717) is 19.5 Å². The van der Waals surface area contributed by atoms with Crippen molar-refractivity contribution in [2.24, 2.45) is 5.73 Å². The van der Waals surface area contributed by atoms with Crippen LogP contribution in [0.3, 0.4) is 0 Å². The lowest BCUT2D eigenvalue weighted by molar-refractivity contribution is 0.138. The average molecular weight is 245 g/mol. The van der Waals surface area contributed by atoms with Crippen LogP contribution < -0.4 is 10.6 Å². The van der Waals surface area contributed by atoms with Crippen LogP contribution in [0, 0.1) is 0 Å². The lowest BCUT2D eigenvalue weighted by atomic mass is 10.2. The number of benzene rings is 1. The molecule has 1 aliphatic heterocycles. The van der Waals surface area contributed by atoms with Gasteiger partial charge in [-0.25, -0.2) is 4.79 Å². The molecule has 1 unspecified atom stereocenters. The van der Waals surface area contributed by atoms with Crippen molar-refractivity contribution in [2.45, 2.75) is 12.5 Å². The van der Waals surface area contributed by atoms with Crippen LogP contribution in [0.15, 0.2) is 30.3 Å². The van der Waals surface area contributed by atoms with E-state index in [2.05, 4.69) is 4.98 Å². The lowest BCUT2D eigenvalue weighted by Crippen LogP contribution is -2.25. The second-order valence-corrected chi connectivity index (χ2v) is 4.44. The molecule has 18 heavy (non-hydrogen) atoms. The number of amides is 1. The van der Waals surface area contributed by atoms with Crippen molar-refractivity contribution in [3.05, 3.63) is 30.3 Å². The number of aromatic amines is 1. The van der Waals surface area contributed by atoms with E-state index >= 15 is 0 Å². The summed E-state index contributed by atoms with van der Waals surface area (Å²) in [4.78, 5) is 16.6. The number of H-pyrrole nitrogens is 1. The molecule has 3 N–H and O–H groups in total. The van der Waals surface area contributed by atoms with Crippen molar-refractivity contribution in [3.8, 4) is 0 Å². The van der Waals surface area contributed by atoms with Crippen molar-refractivity contribution in [3.63, 3.8) is 0 Å². The first-order valence-electron chi connectivity index (χ1n) is 6.04. The number of aromatic nitrogens is 1. The van der Waals surface area contributed by atoms with Crippen molar-refractivity contribution < 1.29 is 9.53 Å². The molecule has 2 aromatic rings. The number of anilines is 1. The monoisotopic (exact) mass is 245 g/mol. The Morgan fingerprint density at radius 1 is 1.44 bits per heavy atom. The van der Waals surface area contributed by atoms with Gasteiger partial charge in [-0.05, 0) is 25.1 Å². The zero-order valence-corrected chi connectivity index (χ0v) is 9.93. The molecule has 0 aliphatic carbocycles. The standard InChI is InChI=1S/C13H15N3O2/c14-6-5-10-8-16(13(17)18-10)12-7-9-3-1-2-4-11(9)15-12/h1-4,7,10,15H,5-6,8,14H2. The first-order valence-corrected chi connectivity index (χ1v) is 6.04. The fraction of sp³-hybridized carbons (Fsp3) is 0.308. The highest BCUT2D eigenvalue weighted by molar-refractivity contribution is 5.93. The summed E-state index contributed by atoms with van der Waals surface area (Å²) < 4.78 is 5.25. The van der Waals surface area contributed by atoms with Gasteiger partial charge < -0.3 is 15.5 Å². The number of carbonyl (C=O) groups excluding carboxylic acids is 1. The largest absolute Gasteiger partial charge is 0.444 e. The first kappa shape index (κ1) is 11.1. The maximum absolute atomic E-state index is 11.8. The molecule has 1 atom stereocenters. The highest BCUT2D eigenvalue weighted by atomic mass is 16.6. The van der Waals surface area contributed by atoms with Crippen molar-refractivity contribution in [1.82, 2.24) is 4.98 Å². The van der Waals surface area contributed by atoms with Gasteiger partial charge in [-0.15, -0.1) is 0 Å². The van der Waals surface area contributed by atoms with E-state index in [1.54, 1.807) is 4.90 Å². The van der Waals surface area contributed by atoms with Crippen LogP contribution in [0.1, 0.15) is 6.42 Å². The number of hydrogen-bond donors (Lipinski definition) is 2. The van der Waals surface area contributed by atoms with Crippen molar-refractivity contribution in [2.75, 3.05) is 18.0 Å². The van der Waals surface area contributed by atoms with E-state index < -0.39 is 0 Å². The van der Waals surface area contributed by atoms with Gasteiger partial charge in [0.15, 0.2) is 0 Å². The Morgan fingerprint density at radius 2 is 2.28 bits per heavy atom. The van der Waals surface area contributed by atoms with Crippen molar-refractivity contribution >= 4 is 22.8 Å². The van der Waals surface area contributed by atoms with Gasteiger partial charge >= 0.3 is 6.09 Å². The van der Waals surface area contributed by atoms with Gasteiger partial charge in [0.05, 0.1) is 6.54 Å². The summed E-state index contributed by atoms with van der Waals surface area (Å²) >= 11 is 0. The summed E-state index contributed by atoms with van der Waals surface area (Å²) in [5, 5.41) is 1.09. The third kappa shape index (κ3) is 1.82. The number of rotatable bonds is 3. The number of cyclic esters (lactones) is 1. The number of nitrogens with one attached hydrogen (secondary N) is 1. The van der Waals surface area contributed by atoms with Gasteiger partial charge in [0, 0.05) is 10.9 Å². The van der Waals surface area contributed by atoms with E-state index in [0.717, 1.165) is 16.7 Å². The molecule has 1 aromatic carbocycles. The first-order chi connectivity index (χ1) is 8.78. The minimum atomic E-state index is -0.306. The molecule has 5 nitrogen and oxygen atoms in total. The van der Waals surface area contributed by atoms with Crippen LogP contribution in [-0.4, -0.2) is 30.3 Å². The minimum absolute atomic E-state index is 0.103. The molecule has 1 fully saturated rings. The Balaban J connectivity index is 1.88. The fourth-order valence-electron chi connectivity index (χ4n) is 2.26. The molecule has 94 valence electrons. The molecule has 1 aliphatic rings. The summed E-state index contributed by atoms with van der Waals surface area (Å²) in [7, 11) is 0. The van der Waals surface area contributed by atoms with Gasteiger partial charge in [0.1, 0.15) is 11.9 Å². The molecule has 0 bridgehead atoms. The van der Waals surface area contributed by atoms with Gasteiger partial charge in [-0.1, -0.05) is 18.2 Å².